The van der Waals surface area contributed by atoms with Gasteiger partial charge in [0.1, 0.15) is 11.4 Å². The highest BCUT2D eigenvalue weighted by atomic mass is 16.5. The van der Waals surface area contributed by atoms with E-state index in [1.807, 2.05) is 11.0 Å². The van der Waals surface area contributed by atoms with Gasteiger partial charge in [-0.05, 0) is 48.1 Å². The van der Waals surface area contributed by atoms with Gasteiger partial charge in [-0.25, -0.2) is 0 Å². The van der Waals surface area contributed by atoms with Crippen molar-refractivity contribution in [2.24, 2.45) is 5.92 Å². The minimum Gasteiger partial charge on any atom is -0.497 e. The number of piperidine rings is 1. The van der Waals surface area contributed by atoms with Crippen LogP contribution < -0.4 is 4.74 Å². The van der Waals surface area contributed by atoms with Crippen LogP contribution in [0.15, 0.2) is 54.5 Å². The van der Waals surface area contributed by atoms with E-state index >= 15 is 0 Å². The molecule has 0 spiro atoms. The maximum Gasteiger partial charge on any atom is 0.278 e. The molecule has 1 unspecified atom stereocenters. The van der Waals surface area contributed by atoms with Crippen LogP contribution in [-0.4, -0.2) is 58.5 Å². The number of pyridine rings is 1. The predicted molar refractivity (Wildman–Crippen MR) is 111 cm³/mol. The van der Waals surface area contributed by atoms with Gasteiger partial charge in [0.2, 0.25) is 0 Å². The molecule has 0 radical (unpaired) electrons. The number of ether oxygens (including phenoxy) is 1. The van der Waals surface area contributed by atoms with Gasteiger partial charge < -0.3 is 14.7 Å². The average molecular weight is 407 g/mol. The van der Waals surface area contributed by atoms with Crippen LogP contribution in [0.4, 0.5) is 0 Å². The molecule has 1 aromatic heterocycles. The van der Waals surface area contributed by atoms with E-state index in [9.17, 15) is 14.7 Å². The number of nitrogens with zero attached hydrogens (tertiary/aromatic N) is 3. The first-order chi connectivity index (χ1) is 14.6. The van der Waals surface area contributed by atoms with Gasteiger partial charge >= 0.3 is 0 Å². The molecule has 0 bridgehead atoms. The normalized spacial score (nSPS) is 19.6. The molecule has 0 saturated carbocycles. The Labute approximate surface area is 175 Å². The highest BCUT2D eigenvalue weighted by molar-refractivity contribution is 6.35. The molecule has 7 nitrogen and oxygen atoms in total. The summed E-state index contributed by atoms with van der Waals surface area (Å²) in [5.74, 6) is 0.172. The van der Waals surface area contributed by atoms with E-state index in [-0.39, 0.29) is 30.9 Å². The second-order valence-electron chi connectivity index (χ2n) is 7.65. The first kappa shape index (κ1) is 20.1. The van der Waals surface area contributed by atoms with Crippen molar-refractivity contribution >= 4 is 17.4 Å². The van der Waals surface area contributed by atoms with Crippen molar-refractivity contribution in [2.45, 2.75) is 19.4 Å². The minimum absolute atomic E-state index is 0.0726. The third-order valence-electron chi connectivity index (χ3n) is 5.68. The van der Waals surface area contributed by atoms with Crippen molar-refractivity contribution in [3.05, 3.63) is 65.6 Å². The number of imide groups is 1. The smallest absolute Gasteiger partial charge is 0.278 e. The maximum atomic E-state index is 13.4. The second kappa shape index (κ2) is 8.67. The number of hydrogen-bond donors (Lipinski definition) is 1. The number of aliphatic hydroxyl groups excluding tert-OH is 1. The molecule has 156 valence electrons. The summed E-state index contributed by atoms with van der Waals surface area (Å²) in [6.07, 6.45) is 5.11. The Morgan fingerprint density at radius 3 is 2.63 bits per heavy atom. The Morgan fingerprint density at radius 2 is 1.97 bits per heavy atom. The summed E-state index contributed by atoms with van der Waals surface area (Å²) >= 11 is 0. The predicted octanol–water partition coefficient (Wildman–Crippen LogP) is 2.07. The molecule has 2 aromatic rings. The second-order valence-corrected chi connectivity index (χ2v) is 7.65. The fourth-order valence-electron chi connectivity index (χ4n) is 4.11. The molecule has 1 aromatic carbocycles. The molecular formula is C23H25N3O4. The van der Waals surface area contributed by atoms with E-state index in [0.717, 1.165) is 18.4 Å². The topological polar surface area (TPSA) is 83.0 Å². The van der Waals surface area contributed by atoms with E-state index < -0.39 is 0 Å². The number of aliphatic hydroxyl groups is 1. The van der Waals surface area contributed by atoms with Crippen molar-refractivity contribution in [3.8, 4) is 5.75 Å². The monoisotopic (exact) mass is 407 g/mol. The van der Waals surface area contributed by atoms with Crippen LogP contribution in [0.2, 0.25) is 0 Å². The fraction of sp³-hybridized carbons (Fsp3) is 0.348. The molecule has 30 heavy (non-hydrogen) atoms. The Hall–Kier alpha value is -3.19. The van der Waals surface area contributed by atoms with Crippen molar-refractivity contribution < 1.29 is 19.4 Å². The highest BCUT2D eigenvalue weighted by Gasteiger charge is 2.42. The molecule has 1 saturated heterocycles. The number of carbonyl (C=O) groups excluding carboxylic acids is 2. The van der Waals surface area contributed by atoms with Crippen molar-refractivity contribution in [1.29, 1.82) is 0 Å². The first-order valence-corrected chi connectivity index (χ1v) is 10.1. The lowest BCUT2D eigenvalue weighted by Crippen LogP contribution is -2.40. The number of methoxy groups -OCH3 is 1. The number of rotatable bonds is 6. The summed E-state index contributed by atoms with van der Waals surface area (Å²) in [5, 5.41) is 9.63. The standard InChI is InChI=1S/C23H25N3O4/c1-30-19-8-6-18(7-9-19)20-21(25-11-3-5-17(13-25)15-27)23(29)26(22(20)28)14-16-4-2-10-24-12-16/h2,4,6-10,12,17,27H,3,5,11,13-15H2,1H3. The van der Waals surface area contributed by atoms with Crippen LogP contribution in [0.25, 0.3) is 5.57 Å². The molecular weight excluding hydrogens is 382 g/mol. The SMILES string of the molecule is COc1ccc(C2=C(N3CCCC(CO)C3)C(=O)N(Cc3cccnc3)C2=O)cc1. The maximum absolute atomic E-state index is 13.4. The lowest BCUT2D eigenvalue weighted by molar-refractivity contribution is -0.138. The molecule has 2 amide bonds. The van der Waals surface area contributed by atoms with Crippen LogP contribution in [0.5, 0.6) is 5.75 Å². The number of benzene rings is 1. The summed E-state index contributed by atoms with van der Waals surface area (Å²) in [6, 6.07) is 10.8. The van der Waals surface area contributed by atoms with E-state index in [0.29, 0.717) is 35.7 Å². The van der Waals surface area contributed by atoms with Crippen LogP contribution in [0.1, 0.15) is 24.0 Å². The molecule has 2 aliphatic rings. The van der Waals surface area contributed by atoms with Gasteiger partial charge in [0.05, 0.1) is 19.2 Å². The van der Waals surface area contributed by atoms with E-state index in [1.54, 1.807) is 49.8 Å². The Kier molecular flexibility index (Phi) is 5.81. The molecule has 1 fully saturated rings. The number of carbonyl (C=O) groups is 2. The molecule has 0 aliphatic carbocycles. The number of aromatic nitrogens is 1. The van der Waals surface area contributed by atoms with Gasteiger partial charge in [-0.15, -0.1) is 0 Å². The zero-order chi connectivity index (χ0) is 21.1. The Bertz CT molecular complexity index is 956. The van der Waals surface area contributed by atoms with Crippen LogP contribution in [0.3, 0.4) is 0 Å². The number of hydrogen-bond acceptors (Lipinski definition) is 6. The van der Waals surface area contributed by atoms with Crippen LogP contribution >= 0.6 is 0 Å². The lowest BCUT2D eigenvalue weighted by Gasteiger charge is -2.34. The fourth-order valence-corrected chi connectivity index (χ4v) is 4.11. The average Bonchev–Trinajstić information content (AvgIpc) is 3.04. The molecule has 3 heterocycles. The van der Waals surface area contributed by atoms with Crippen molar-refractivity contribution in [2.75, 3.05) is 26.8 Å². The van der Waals surface area contributed by atoms with Gasteiger partial charge in [-0.2, -0.15) is 0 Å². The van der Waals surface area contributed by atoms with E-state index in [2.05, 4.69) is 4.98 Å². The third kappa shape index (κ3) is 3.80. The van der Waals surface area contributed by atoms with Gasteiger partial charge in [0.15, 0.2) is 0 Å². The van der Waals surface area contributed by atoms with Gasteiger partial charge in [0, 0.05) is 32.1 Å². The van der Waals surface area contributed by atoms with Gasteiger partial charge in [-0.3, -0.25) is 19.5 Å². The van der Waals surface area contributed by atoms with Crippen LogP contribution in [-0.2, 0) is 16.1 Å². The van der Waals surface area contributed by atoms with Crippen molar-refractivity contribution in [3.63, 3.8) is 0 Å². The highest BCUT2D eigenvalue weighted by Crippen LogP contribution is 2.35. The molecule has 7 heteroatoms. The lowest BCUT2D eigenvalue weighted by atomic mass is 9.97. The van der Waals surface area contributed by atoms with E-state index in [4.69, 9.17) is 4.74 Å². The summed E-state index contributed by atoms with van der Waals surface area (Å²) < 4.78 is 5.23. The molecule has 1 N–H and O–H groups in total. The van der Waals surface area contributed by atoms with E-state index in [1.165, 1.54) is 4.90 Å². The minimum atomic E-state index is -0.310. The molecule has 1 atom stereocenters. The molecule has 4 rings (SSSR count). The largest absolute Gasteiger partial charge is 0.497 e. The summed E-state index contributed by atoms with van der Waals surface area (Å²) in [7, 11) is 1.59. The quantitative estimate of drug-likeness (QED) is 0.739. The Morgan fingerprint density at radius 1 is 1.17 bits per heavy atom. The number of amides is 2. The number of likely N-dealkylation sites (tertiary alicyclic amines) is 1. The first-order valence-electron chi connectivity index (χ1n) is 10.1. The third-order valence-corrected chi connectivity index (χ3v) is 5.68. The Balaban J connectivity index is 1.73. The van der Waals surface area contributed by atoms with Gasteiger partial charge in [-0.1, -0.05) is 18.2 Å². The molecule has 2 aliphatic heterocycles. The summed E-state index contributed by atoms with van der Waals surface area (Å²) in [6.45, 7) is 1.49. The zero-order valence-corrected chi connectivity index (χ0v) is 17.0. The van der Waals surface area contributed by atoms with Crippen molar-refractivity contribution in [1.82, 2.24) is 14.8 Å². The summed E-state index contributed by atoms with van der Waals surface area (Å²) in [4.78, 5) is 34.2. The zero-order valence-electron chi connectivity index (χ0n) is 17.0. The van der Waals surface area contributed by atoms with Crippen LogP contribution in [0, 0.1) is 5.92 Å². The van der Waals surface area contributed by atoms with Gasteiger partial charge in [0.25, 0.3) is 11.8 Å². The summed E-state index contributed by atoms with van der Waals surface area (Å²) in [5.41, 5.74) is 2.31.